The van der Waals surface area contributed by atoms with Crippen LogP contribution in [-0.2, 0) is 4.74 Å². The van der Waals surface area contributed by atoms with Gasteiger partial charge in [0.25, 0.3) is 0 Å². The van der Waals surface area contributed by atoms with Gasteiger partial charge in [-0.1, -0.05) is 0 Å². The summed E-state index contributed by atoms with van der Waals surface area (Å²) in [5, 5.41) is 22.3. The number of carbonyl (C=O) groups is 1. The van der Waals surface area contributed by atoms with Gasteiger partial charge in [0.05, 0.1) is 13.3 Å². The van der Waals surface area contributed by atoms with E-state index in [1.807, 2.05) is 0 Å². The van der Waals surface area contributed by atoms with Gasteiger partial charge in [0.15, 0.2) is 0 Å². The fourth-order valence-electron chi connectivity index (χ4n) is 1.65. The second-order valence-electron chi connectivity index (χ2n) is 5.65. The lowest BCUT2D eigenvalue weighted by Gasteiger charge is -2.22. The molecule has 0 saturated carbocycles. The van der Waals surface area contributed by atoms with E-state index < -0.39 is 29.7 Å². The standard InChI is InChI=1S/C14H21FN2O5/c1-14(2,3)22-13(20)17-7-10(18)11(19)9-5-8(15)6-16-12(9)21-4/h5-6,10-11,18-19H,7H2,1-4H3,(H,17,20). The van der Waals surface area contributed by atoms with Gasteiger partial charge in [-0.3, -0.25) is 0 Å². The number of methoxy groups -OCH3 is 1. The summed E-state index contributed by atoms with van der Waals surface area (Å²) in [6, 6.07) is 1.01. The van der Waals surface area contributed by atoms with Crippen LogP contribution in [0.4, 0.5) is 9.18 Å². The Bertz CT molecular complexity index is 518. The number of rotatable bonds is 5. The van der Waals surface area contributed by atoms with Crippen LogP contribution in [-0.4, -0.2) is 46.6 Å². The van der Waals surface area contributed by atoms with Crippen molar-refractivity contribution in [3.8, 4) is 5.88 Å². The summed E-state index contributed by atoms with van der Waals surface area (Å²) >= 11 is 0. The quantitative estimate of drug-likeness (QED) is 0.753. The number of amides is 1. The number of nitrogens with zero attached hydrogens (tertiary/aromatic N) is 1. The van der Waals surface area contributed by atoms with Crippen LogP contribution < -0.4 is 10.1 Å². The van der Waals surface area contributed by atoms with E-state index >= 15 is 0 Å². The molecule has 0 aliphatic rings. The SMILES string of the molecule is COc1ncc(F)cc1C(O)C(O)CNC(=O)OC(C)(C)C. The lowest BCUT2D eigenvalue weighted by atomic mass is 10.1. The van der Waals surface area contributed by atoms with Crippen LogP contribution in [0, 0.1) is 5.82 Å². The molecular weight excluding hydrogens is 295 g/mol. The highest BCUT2D eigenvalue weighted by molar-refractivity contribution is 5.67. The van der Waals surface area contributed by atoms with E-state index in [1.54, 1.807) is 20.8 Å². The zero-order valence-corrected chi connectivity index (χ0v) is 13.0. The van der Waals surface area contributed by atoms with Crippen molar-refractivity contribution in [3.05, 3.63) is 23.6 Å². The van der Waals surface area contributed by atoms with Crippen LogP contribution >= 0.6 is 0 Å². The number of ether oxygens (including phenoxy) is 2. The molecule has 0 fully saturated rings. The Kier molecular flexibility index (Phi) is 6.07. The molecule has 0 aliphatic heterocycles. The molecule has 0 bridgehead atoms. The van der Waals surface area contributed by atoms with Crippen molar-refractivity contribution in [2.75, 3.05) is 13.7 Å². The van der Waals surface area contributed by atoms with Crippen LogP contribution in [0.25, 0.3) is 0 Å². The Labute approximate surface area is 128 Å². The first kappa shape index (κ1) is 18.1. The molecule has 2 unspecified atom stereocenters. The molecule has 1 aromatic heterocycles. The van der Waals surface area contributed by atoms with Crippen LogP contribution in [0.5, 0.6) is 5.88 Å². The summed E-state index contributed by atoms with van der Waals surface area (Å²) in [4.78, 5) is 15.1. The molecule has 7 nitrogen and oxygen atoms in total. The highest BCUT2D eigenvalue weighted by Crippen LogP contribution is 2.25. The first-order valence-electron chi connectivity index (χ1n) is 6.66. The Morgan fingerprint density at radius 3 is 2.64 bits per heavy atom. The lowest BCUT2D eigenvalue weighted by molar-refractivity contribution is 0.0114. The highest BCUT2D eigenvalue weighted by atomic mass is 19.1. The third-order valence-electron chi connectivity index (χ3n) is 2.58. The zero-order chi connectivity index (χ0) is 16.9. The third-order valence-corrected chi connectivity index (χ3v) is 2.58. The number of hydrogen-bond donors (Lipinski definition) is 3. The minimum absolute atomic E-state index is 0.00906. The number of carbonyl (C=O) groups excluding carboxylic acids is 1. The highest BCUT2D eigenvalue weighted by Gasteiger charge is 2.25. The molecule has 124 valence electrons. The smallest absolute Gasteiger partial charge is 0.407 e. The summed E-state index contributed by atoms with van der Waals surface area (Å²) in [6.07, 6.45) is -2.67. The first-order chi connectivity index (χ1) is 10.1. The summed E-state index contributed by atoms with van der Waals surface area (Å²) in [6.45, 7) is 4.80. The average Bonchev–Trinajstić information content (AvgIpc) is 2.42. The predicted octanol–water partition coefficient (Wildman–Crippen LogP) is 1.15. The summed E-state index contributed by atoms with van der Waals surface area (Å²) < 4.78 is 23.1. The van der Waals surface area contributed by atoms with Crippen molar-refractivity contribution < 1.29 is 28.9 Å². The maximum atomic E-state index is 13.2. The normalized spacial score (nSPS) is 14.1. The number of hydrogen-bond acceptors (Lipinski definition) is 6. The van der Waals surface area contributed by atoms with E-state index in [4.69, 9.17) is 9.47 Å². The van der Waals surface area contributed by atoms with Crippen molar-refractivity contribution >= 4 is 6.09 Å². The Balaban J connectivity index is 2.68. The molecule has 22 heavy (non-hydrogen) atoms. The minimum atomic E-state index is -1.48. The molecule has 0 spiro atoms. The minimum Gasteiger partial charge on any atom is -0.481 e. The van der Waals surface area contributed by atoms with E-state index in [0.29, 0.717) is 0 Å². The maximum Gasteiger partial charge on any atom is 0.407 e. The molecule has 1 amide bonds. The molecule has 1 rings (SSSR count). The van der Waals surface area contributed by atoms with Gasteiger partial charge in [-0.05, 0) is 26.8 Å². The number of aliphatic hydroxyl groups excluding tert-OH is 2. The number of pyridine rings is 1. The topological polar surface area (TPSA) is 101 Å². The number of nitrogens with one attached hydrogen (secondary N) is 1. The maximum absolute atomic E-state index is 13.2. The number of alkyl carbamates (subject to hydrolysis) is 1. The van der Waals surface area contributed by atoms with E-state index in [2.05, 4.69) is 10.3 Å². The molecule has 3 N–H and O–H groups in total. The number of aromatic nitrogens is 1. The van der Waals surface area contributed by atoms with Crippen molar-refractivity contribution in [2.24, 2.45) is 0 Å². The number of halogens is 1. The van der Waals surface area contributed by atoms with E-state index in [9.17, 15) is 19.4 Å². The third kappa shape index (κ3) is 5.45. The van der Waals surface area contributed by atoms with Gasteiger partial charge in [-0.15, -0.1) is 0 Å². The van der Waals surface area contributed by atoms with Crippen molar-refractivity contribution in [3.63, 3.8) is 0 Å². The van der Waals surface area contributed by atoms with Crippen molar-refractivity contribution in [1.29, 1.82) is 0 Å². The monoisotopic (exact) mass is 316 g/mol. The first-order valence-corrected chi connectivity index (χ1v) is 6.66. The predicted molar refractivity (Wildman–Crippen MR) is 76.0 cm³/mol. The molecule has 0 aliphatic carbocycles. The molecule has 0 saturated heterocycles. The summed E-state index contributed by atoms with van der Waals surface area (Å²) in [5.41, 5.74) is -0.690. The molecule has 0 radical (unpaired) electrons. The fraction of sp³-hybridized carbons (Fsp3) is 0.571. The van der Waals surface area contributed by atoms with Gasteiger partial charge in [0.2, 0.25) is 5.88 Å². The number of aliphatic hydroxyl groups is 2. The molecule has 1 aromatic rings. The zero-order valence-electron chi connectivity index (χ0n) is 13.0. The van der Waals surface area contributed by atoms with Crippen LogP contribution in [0.2, 0.25) is 0 Å². The molecule has 1 heterocycles. The fourth-order valence-corrected chi connectivity index (χ4v) is 1.65. The summed E-state index contributed by atoms with van der Waals surface area (Å²) in [5.74, 6) is -0.688. The summed E-state index contributed by atoms with van der Waals surface area (Å²) in [7, 11) is 1.31. The second-order valence-corrected chi connectivity index (χ2v) is 5.65. The molecule has 2 atom stereocenters. The van der Waals surface area contributed by atoms with Gasteiger partial charge < -0.3 is 25.0 Å². The Hall–Kier alpha value is -1.93. The van der Waals surface area contributed by atoms with Crippen molar-refractivity contribution in [1.82, 2.24) is 10.3 Å². The van der Waals surface area contributed by atoms with Crippen LogP contribution in [0.15, 0.2) is 12.3 Å². The second kappa shape index (κ2) is 7.37. The van der Waals surface area contributed by atoms with Gasteiger partial charge in [0, 0.05) is 12.1 Å². The molecule has 0 aromatic carbocycles. The Morgan fingerprint density at radius 2 is 2.09 bits per heavy atom. The van der Waals surface area contributed by atoms with E-state index in [1.165, 1.54) is 7.11 Å². The van der Waals surface area contributed by atoms with E-state index in [0.717, 1.165) is 12.3 Å². The van der Waals surface area contributed by atoms with Gasteiger partial charge >= 0.3 is 6.09 Å². The van der Waals surface area contributed by atoms with Gasteiger partial charge in [-0.2, -0.15) is 0 Å². The molecular formula is C14H21FN2O5. The van der Waals surface area contributed by atoms with Crippen LogP contribution in [0.1, 0.15) is 32.4 Å². The average molecular weight is 316 g/mol. The van der Waals surface area contributed by atoms with Crippen LogP contribution in [0.3, 0.4) is 0 Å². The van der Waals surface area contributed by atoms with Crippen molar-refractivity contribution in [2.45, 2.75) is 38.6 Å². The molecule has 8 heteroatoms. The lowest BCUT2D eigenvalue weighted by Crippen LogP contribution is -2.39. The Morgan fingerprint density at radius 1 is 1.45 bits per heavy atom. The largest absolute Gasteiger partial charge is 0.481 e. The van der Waals surface area contributed by atoms with E-state index in [-0.39, 0.29) is 18.0 Å². The van der Waals surface area contributed by atoms with Gasteiger partial charge in [0.1, 0.15) is 23.6 Å². The van der Waals surface area contributed by atoms with Gasteiger partial charge in [-0.25, -0.2) is 14.2 Å².